The molecular formula is C11H14ClNO6S2. The van der Waals surface area contributed by atoms with Crippen LogP contribution in [0.3, 0.4) is 0 Å². The van der Waals surface area contributed by atoms with E-state index in [1.165, 1.54) is 19.2 Å². The Morgan fingerprint density at radius 2 is 1.86 bits per heavy atom. The fourth-order valence-corrected chi connectivity index (χ4v) is 3.81. The Morgan fingerprint density at radius 3 is 2.33 bits per heavy atom. The number of carboxylic acids is 1. The molecule has 0 atom stereocenters. The molecule has 0 saturated heterocycles. The predicted octanol–water partition coefficient (Wildman–Crippen LogP) is 0.703. The predicted molar refractivity (Wildman–Crippen MR) is 77.9 cm³/mol. The van der Waals surface area contributed by atoms with Gasteiger partial charge in [0.25, 0.3) is 0 Å². The second-order valence-electron chi connectivity index (χ2n) is 4.41. The molecule has 1 aromatic rings. The molecule has 0 saturated carbocycles. The highest BCUT2D eigenvalue weighted by atomic mass is 35.5. The van der Waals surface area contributed by atoms with Gasteiger partial charge in [0.2, 0.25) is 10.0 Å². The lowest BCUT2D eigenvalue weighted by molar-refractivity contribution is 0.0696. The van der Waals surface area contributed by atoms with E-state index in [0.717, 1.165) is 16.6 Å². The SMILES string of the molecule is CN(CCS(C)(=O)=O)S(=O)(=O)c1cc(C(=O)O)ccc1Cl. The first kappa shape index (κ1) is 17.9. The normalized spacial score (nSPS) is 12.6. The van der Waals surface area contributed by atoms with E-state index in [0.29, 0.717) is 0 Å². The minimum absolute atomic E-state index is 0.133. The molecular weight excluding hydrogens is 342 g/mol. The van der Waals surface area contributed by atoms with Crippen molar-refractivity contribution >= 4 is 37.4 Å². The van der Waals surface area contributed by atoms with Crippen LogP contribution in [-0.2, 0) is 19.9 Å². The van der Waals surface area contributed by atoms with E-state index in [2.05, 4.69) is 0 Å². The van der Waals surface area contributed by atoms with Gasteiger partial charge in [-0.2, -0.15) is 4.31 Å². The van der Waals surface area contributed by atoms with Gasteiger partial charge in [-0.15, -0.1) is 0 Å². The smallest absolute Gasteiger partial charge is 0.335 e. The Hall–Kier alpha value is -1.16. The molecule has 7 nitrogen and oxygen atoms in total. The van der Waals surface area contributed by atoms with Gasteiger partial charge in [-0.1, -0.05) is 11.6 Å². The van der Waals surface area contributed by atoms with Gasteiger partial charge in [-0.05, 0) is 18.2 Å². The summed E-state index contributed by atoms with van der Waals surface area (Å²) in [5.41, 5.74) is -0.227. The number of rotatable bonds is 6. The molecule has 118 valence electrons. The summed E-state index contributed by atoms with van der Waals surface area (Å²) >= 11 is 5.80. The maximum atomic E-state index is 12.3. The van der Waals surface area contributed by atoms with E-state index in [1.807, 2.05) is 0 Å². The molecule has 0 unspecified atom stereocenters. The Labute approximate surface area is 128 Å². The minimum Gasteiger partial charge on any atom is -0.478 e. The van der Waals surface area contributed by atoms with E-state index in [-0.39, 0.29) is 27.8 Å². The molecule has 21 heavy (non-hydrogen) atoms. The molecule has 0 aliphatic rings. The number of sulfonamides is 1. The molecule has 0 heterocycles. The van der Waals surface area contributed by atoms with Gasteiger partial charge in [0.1, 0.15) is 14.7 Å². The molecule has 0 amide bonds. The Morgan fingerprint density at radius 1 is 1.29 bits per heavy atom. The molecule has 0 aliphatic heterocycles. The van der Waals surface area contributed by atoms with E-state index < -0.39 is 25.8 Å². The van der Waals surface area contributed by atoms with E-state index in [9.17, 15) is 21.6 Å². The monoisotopic (exact) mass is 355 g/mol. The van der Waals surface area contributed by atoms with E-state index in [1.54, 1.807) is 0 Å². The number of sulfone groups is 1. The van der Waals surface area contributed by atoms with Crippen molar-refractivity contribution in [2.75, 3.05) is 25.6 Å². The van der Waals surface area contributed by atoms with Crippen molar-refractivity contribution in [1.29, 1.82) is 0 Å². The van der Waals surface area contributed by atoms with Crippen molar-refractivity contribution in [1.82, 2.24) is 4.31 Å². The van der Waals surface area contributed by atoms with Gasteiger partial charge >= 0.3 is 5.97 Å². The standard InChI is InChI=1S/C11H14ClNO6S2/c1-13(5-6-20(2,16)17)21(18,19)10-7-8(11(14)15)3-4-9(10)12/h3-4,7H,5-6H2,1-2H3,(H,14,15). The van der Waals surface area contributed by atoms with Crippen molar-refractivity contribution < 1.29 is 26.7 Å². The lowest BCUT2D eigenvalue weighted by Gasteiger charge is -2.17. The highest BCUT2D eigenvalue weighted by Gasteiger charge is 2.25. The molecule has 10 heteroatoms. The largest absolute Gasteiger partial charge is 0.478 e. The highest BCUT2D eigenvalue weighted by Crippen LogP contribution is 2.25. The summed E-state index contributed by atoms with van der Waals surface area (Å²) in [6.45, 7) is -0.255. The summed E-state index contributed by atoms with van der Waals surface area (Å²) in [6.07, 6.45) is 0.992. The van der Waals surface area contributed by atoms with Crippen LogP contribution in [0.5, 0.6) is 0 Å². The fraction of sp³-hybridized carbons (Fsp3) is 0.364. The first-order valence-corrected chi connectivity index (χ1v) is 9.50. The summed E-state index contributed by atoms with van der Waals surface area (Å²) in [7, 11) is -6.20. The van der Waals surface area contributed by atoms with Gasteiger partial charge in [-0.25, -0.2) is 21.6 Å². The third-order valence-corrected chi connectivity index (χ3v) is 5.91. The van der Waals surface area contributed by atoms with Crippen LogP contribution in [0.15, 0.2) is 23.1 Å². The molecule has 0 bridgehead atoms. The zero-order valence-electron chi connectivity index (χ0n) is 11.3. The van der Waals surface area contributed by atoms with Crippen molar-refractivity contribution in [3.05, 3.63) is 28.8 Å². The van der Waals surface area contributed by atoms with Crippen LogP contribution >= 0.6 is 11.6 Å². The summed E-state index contributed by atoms with van der Waals surface area (Å²) in [4.78, 5) is 10.5. The summed E-state index contributed by atoms with van der Waals surface area (Å²) in [5, 5.41) is 8.75. The fourth-order valence-electron chi connectivity index (χ4n) is 1.42. The van der Waals surface area contributed by atoms with Crippen molar-refractivity contribution in [2.24, 2.45) is 0 Å². The molecule has 0 aromatic heterocycles. The number of aromatic carboxylic acids is 1. The van der Waals surface area contributed by atoms with Crippen LogP contribution in [0, 0.1) is 0 Å². The second-order valence-corrected chi connectivity index (χ2v) is 9.09. The van der Waals surface area contributed by atoms with Gasteiger partial charge < -0.3 is 5.11 Å². The van der Waals surface area contributed by atoms with Crippen molar-refractivity contribution in [3.8, 4) is 0 Å². The number of hydrogen-bond donors (Lipinski definition) is 1. The maximum Gasteiger partial charge on any atom is 0.335 e. The van der Waals surface area contributed by atoms with Crippen molar-refractivity contribution in [2.45, 2.75) is 4.90 Å². The zero-order valence-corrected chi connectivity index (χ0v) is 13.7. The zero-order chi connectivity index (χ0) is 16.4. The molecule has 0 aliphatic carbocycles. The van der Waals surface area contributed by atoms with Gasteiger partial charge in [0.05, 0.1) is 16.3 Å². The molecule has 0 fully saturated rings. The van der Waals surface area contributed by atoms with E-state index >= 15 is 0 Å². The molecule has 1 aromatic carbocycles. The first-order valence-electron chi connectivity index (χ1n) is 5.62. The van der Waals surface area contributed by atoms with Gasteiger partial charge in [-0.3, -0.25) is 0 Å². The number of hydrogen-bond acceptors (Lipinski definition) is 5. The number of carbonyl (C=O) groups is 1. The van der Waals surface area contributed by atoms with Crippen LogP contribution in [0.25, 0.3) is 0 Å². The van der Waals surface area contributed by atoms with Crippen LogP contribution in [0.2, 0.25) is 5.02 Å². The average Bonchev–Trinajstić information content (AvgIpc) is 2.34. The van der Waals surface area contributed by atoms with Crippen molar-refractivity contribution in [3.63, 3.8) is 0 Å². The molecule has 1 rings (SSSR count). The van der Waals surface area contributed by atoms with Crippen LogP contribution in [0.1, 0.15) is 10.4 Å². The lowest BCUT2D eigenvalue weighted by atomic mass is 10.2. The third-order valence-electron chi connectivity index (χ3n) is 2.64. The Bertz CT molecular complexity index is 757. The third kappa shape index (κ3) is 4.67. The maximum absolute atomic E-state index is 12.3. The molecule has 0 spiro atoms. The molecule has 1 N–H and O–H groups in total. The Kier molecular flexibility index (Phi) is 5.37. The quantitative estimate of drug-likeness (QED) is 0.804. The summed E-state index contributed by atoms with van der Waals surface area (Å²) in [5.74, 6) is -1.64. The molecule has 0 radical (unpaired) electrons. The number of benzene rings is 1. The van der Waals surface area contributed by atoms with E-state index in [4.69, 9.17) is 16.7 Å². The second kappa shape index (κ2) is 6.30. The van der Waals surface area contributed by atoms with Crippen LogP contribution < -0.4 is 0 Å². The highest BCUT2D eigenvalue weighted by molar-refractivity contribution is 7.91. The van der Waals surface area contributed by atoms with Gasteiger partial charge in [0.15, 0.2) is 0 Å². The summed E-state index contributed by atoms with van der Waals surface area (Å²) < 4.78 is 47.6. The van der Waals surface area contributed by atoms with Gasteiger partial charge in [0, 0.05) is 19.8 Å². The Balaban J connectivity index is 3.18. The number of nitrogens with zero attached hydrogens (tertiary/aromatic N) is 1. The number of carboxylic acid groups (broad SMARTS) is 1. The topological polar surface area (TPSA) is 109 Å². The number of halogens is 1. The van der Waals surface area contributed by atoms with Crippen LogP contribution in [-0.4, -0.2) is 57.8 Å². The summed E-state index contributed by atoms with van der Waals surface area (Å²) in [6, 6.07) is 3.29. The lowest BCUT2D eigenvalue weighted by Crippen LogP contribution is -2.31. The van der Waals surface area contributed by atoms with Crippen LogP contribution in [0.4, 0.5) is 0 Å². The first-order chi connectivity index (χ1) is 9.45. The minimum atomic E-state index is -4.07. The average molecular weight is 356 g/mol.